The Morgan fingerprint density at radius 3 is 2.75 bits per heavy atom. The normalized spacial score (nSPS) is 17.1. The summed E-state index contributed by atoms with van der Waals surface area (Å²) in [4.78, 5) is 0.258. The lowest BCUT2D eigenvalue weighted by molar-refractivity contribution is 0.514. The van der Waals surface area contributed by atoms with Crippen LogP contribution < -0.4 is 10.0 Å². The van der Waals surface area contributed by atoms with Crippen molar-refractivity contribution < 1.29 is 8.42 Å². The van der Waals surface area contributed by atoms with Crippen LogP contribution in [-0.2, 0) is 16.6 Å². The van der Waals surface area contributed by atoms with Crippen LogP contribution >= 0.6 is 0 Å². The number of nitrogens with zero attached hydrogens (tertiary/aromatic N) is 2. The van der Waals surface area contributed by atoms with Crippen LogP contribution in [0.5, 0.6) is 0 Å². The molecule has 2 rings (SSSR count). The lowest BCUT2D eigenvalue weighted by Crippen LogP contribution is -2.32. The second-order valence-corrected chi connectivity index (χ2v) is 7.36. The molecule has 1 aliphatic rings. The first-order chi connectivity index (χ1) is 9.47. The maximum Gasteiger partial charge on any atom is 0.243 e. The Labute approximate surface area is 121 Å². The molecular weight excluding hydrogens is 276 g/mol. The van der Waals surface area contributed by atoms with Crippen LogP contribution in [0.3, 0.4) is 0 Å². The molecule has 1 aromatic heterocycles. The van der Waals surface area contributed by atoms with Gasteiger partial charge in [-0.25, -0.2) is 13.1 Å². The number of hydrogen-bond acceptors (Lipinski definition) is 4. The summed E-state index contributed by atoms with van der Waals surface area (Å²) in [5.74, 6) is 0. The zero-order valence-corrected chi connectivity index (χ0v) is 13.0. The minimum absolute atomic E-state index is 0.0888. The van der Waals surface area contributed by atoms with Crippen molar-refractivity contribution in [1.82, 2.24) is 19.8 Å². The van der Waals surface area contributed by atoms with E-state index < -0.39 is 10.0 Å². The standard InChI is InChI=1S/C13H24N4O2S/c1-11(2)14-7-8-17-10-13(9-15-17)20(18,19)16-12-5-3-4-6-12/h9-12,14,16H,3-8H2,1-2H3. The van der Waals surface area contributed by atoms with Crippen molar-refractivity contribution in [1.29, 1.82) is 0 Å². The SMILES string of the molecule is CC(C)NCCn1cc(S(=O)(=O)NC2CCCC2)cn1. The molecule has 0 saturated heterocycles. The predicted octanol–water partition coefficient (Wildman–Crippen LogP) is 1.10. The first-order valence-corrected chi connectivity index (χ1v) is 8.74. The van der Waals surface area contributed by atoms with Gasteiger partial charge in [-0.15, -0.1) is 0 Å². The van der Waals surface area contributed by atoms with E-state index in [4.69, 9.17) is 0 Å². The van der Waals surface area contributed by atoms with Crippen molar-refractivity contribution in [3.8, 4) is 0 Å². The van der Waals surface area contributed by atoms with Crippen LogP contribution in [0.1, 0.15) is 39.5 Å². The van der Waals surface area contributed by atoms with Crippen molar-refractivity contribution in [2.45, 2.75) is 63.1 Å². The van der Waals surface area contributed by atoms with Crippen LogP contribution in [0.4, 0.5) is 0 Å². The number of nitrogens with one attached hydrogen (secondary N) is 2. The van der Waals surface area contributed by atoms with E-state index in [0.29, 0.717) is 12.6 Å². The third-order valence-electron chi connectivity index (χ3n) is 3.49. The highest BCUT2D eigenvalue weighted by molar-refractivity contribution is 7.89. The summed E-state index contributed by atoms with van der Waals surface area (Å²) in [5, 5.41) is 7.39. The molecule has 0 radical (unpaired) electrons. The summed E-state index contributed by atoms with van der Waals surface area (Å²) < 4.78 is 28.8. The third-order valence-corrected chi connectivity index (χ3v) is 4.97. The van der Waals surface area contributed by atoms with Crippen LogP contribution in [0.15, 0.2) is 17.3 Å². The van der Waals surface area contributed by atoms with Gasteiger partial charge < -0.3 is 5.32 Å². The zero-order chi connectivity index (χ0) is 14.6. The molecule has 1 fully saturated rings. The lowest BCUT2D eigenvalue weighted by atomic mass is 10.3. The first kappa shape index (κ1) is 15.5. The Morgan fingerprint density at radius 1 is 1.40 bits per heavy atom. The van der Waals surface area contributed by atoms with Gasteiger partial charge in [0.15, 0.2) is 0 Å². The van der Waals surface area contributed by atoms with Gasteiger partial charge in [0.2, 0.25) is 10.0 Å². The van der Waals surface area contributed by atoms with Crippen LogP contribution in [0.25, 0.3) is 0 Å². The van der Waals surface area contributed by atoms with Crippen LogP contribution in [-0.4, -0.2) is 36.8 Å². The average molecular weight is 300 g/mol. The summed E-state index contributed by atoms with van der Waals surface area (Å²) in [6, 6.07) is 0.503. The van der Waals surface area contributed by atoms with Crippen molar-refractivity contribution in [2.75, 3.05) is 6.54 Å². The Morgan fingerprint density at radius 2 is 2.10 bits per heavy atom. The number of sulfonamides is 1. The van der Waals surface area contributed by atoms with Crippen molar-refractivity contribution in [3.05, 3.63) is 12.4 Å². The van der Waals surface area contributed by atoms with Gasteiger partial charge in [0.05, 0.1) is 12.7 Å². The predicted molar refractivity (Wildman–Crippen MR) is 77.9 cm³/mol. The van der Waals surface area contributed by atoms with Gasteiger partial charge in [0.25, 0.3) is 0 Å². The highest BCUT2D eigenvalue weighted by Gasteiger charge is 2.23. The molecule has 0 aliphatic heterocycles. The molecule has 0 atom stereocenters. The molecular formula is C13H24N4O2S. The van der Waals surface area contributed by atoms with E-state index >= 15 is 0 Å². The highest BCUT2D eigenvalue weighted by Crippen LogP contribution is 2.20. The van der Waals surface area contributed by atoms with Crippen molar-refractivity contribution in [3.63, 3.8) is 0 Å². The van der Waals surface area contributed by atoms with Crippen molar-refractivity contribution >= 4 is 10.0 Å². The van der Waals surface area contributed by atoms with Gasteiger partial charge >= 0.3 is 0 Å². The fourth-order valence-corrected chi connectivity index (χ4v) is 3.66. The Kier molecular flexibility index (Phi) is 5.17. The number of rotatable bonds is 7. The van der Waals surface area contributed by atoms with E-state index in [1.807, 2.05) is 0 Å². The minimum atomic E-state index is -3.42. The van der Waals surface area contributed by atoms with E-state index in [2.05, 4.69) is 29.0 Å². The molecule has 1 saturated carbocycles. The van der Waals surface area contributed by atoms with Gasteiger partial charge in [-0.3, -0.25) is 4.68 Å². The fraction of sp³-hybridized carbons (Fsp3) is 0.769. The van der Waals surface area contributed by atoms with Gasteiger partial charge in [0, 0.05) is 24.8 Å². The van der Waals surface area contributed by atoms with Crippen molar-refractivity contribution in [2.24, 2.45) is 0 Å². The molecule has 114 valence electrons. The molecule has 0 unspecified atom stereocenters. The minimum Gasteiger partial charge on any atom is -0.313 e. The fourth-order valence-electron chi connectivity index (χ4n) is 2.40. The van der Waals surface area contributed by atoms with E-state index in [0.717, 1.165) is 32.2 Å². The highest BCUT2D eigenvalue weighted by atomic mass is 32.2. The van der Waals surface area contributed by atoms with E-state index in [1.54, 1.807) is 10.9 Å². The Hall–Kier alpha value is -0.920. The maximum atomic E-state index is 12.2. The number of aromatic nitrogens is 2. The molecule has 1 heterocycles. The lowest BCUT2D eigenvalue weighted by Gasteiger charge is -2.10. The van der Waals surface area contributed by atoms with Gasteiger partial charge in [0.1, 0.15) is 4.90 Å². The summed E-state index contributed by atoms with van der Waals surface area (Å²) in [6.45, 7) is 5.58. The summed E-state index contributed by atoms with van der Waals surface area (Å²) in [6.07, 6.45) is 7.10. The molecule has 7 heteroatoms. The Balaban J connectivity index is 1.92. The quantitative estimate of drug-likeness (QED) is 0.791. The van der Waals surface area contributed by atoms with E-state index in [9.17, 15) is 8.42 Å². The molecule has 2 N–H and O–H groups in total. The molecule has 1 aromatic rings. The summed E-state index contributed by atoms with van der Waals surface area (Å²) in [5.41, 5.74) is 0. The van der Waals surface area contributed by atoms with Crippen LogP contribution in [0, 0.1) is 0 Å². The van der Waals surface area contributed by atoms with Gasteiger partial charge in [-0.2, -0.15) is 5.10 Å². The number of hydrogen-bond donors (Lipinski definition) is 2. The monoisotopic (exact) mass is 300 g/mol. The average Bonchev–Trinajstić information content (AvgIpc) is 2.99. The van der Waals surface area contributed by atoms with E-state index in [-0.39, 0.29) is 10.9 Å². The van der Waals surface area contributed by atoms with Crippen LogP contribution in [0.2, 0.25) is 0 Å². The van der Waals surface area contributed by atoms with Gasteiger partial charge in [-0.1, -0.05) is 26.7 Å². The molecule has 0 bridgehead atoms. The molecule has 0 spiro atoms. The first-order valence-electron chi connectivity index (χ1n) is 7.25. The summed E-state index contributed by atoms with van der Waals surface area (Å²) >= 11 is 0. The Bertz CT molecular complexity index is 518. The van der Waals surface area contributed by atoms with E-state index in [1.165, 1.54) is 6.20 Å². The largest absolute Gasteiger partial charge is 0.313 e. The zero-order valence-electron chi connectivity index (χ0n) is 12.2. The molecule has 1 aliphatic carbocycles. The smallest absolute Gasteiger partial charge is 0.243 e. The topological polar surface area (TPSA) is 76.0 Å². The molecule has 20 heavy (non-hydrogen) atoms. The second kappa shape index (κ2) is 6.69. The third kappa shape index (κ3) is 4.29. The summed E-state index contributed by atoms with van der Waals surface area (Å²) in [7, 11) is -3.42. The van der Waals surface area contributed by atoms with Gasteiger partial charge in [-0.05, 0) is 12.8 Å². The molecule has 6 nitrogen and oxygen atoms in total. The second-order valence-electron chi connectivity index (χ2n) is 5.65. The molecule has 0 amide bonds. The maximum absolute atomic E-state index is 12.2. The molecule has 0 aromatic carbocycles.